The fraction of sp³-hybridized carbons (Fsp3) is 0.545. The predicted molar refractivity (Wildman–Crippen MR) is 73.6 cm³/mol. The zero-order valence-corrected chi connectivity index (χ0v) is 12.7. The molecule has 7 heteroatoms. The van der Waals surface area contributed by atoms with E-state index in [0.29, 0.717) is 12.8 Å². The van der Waals surface area contributed by atoms with E-state index >= 15 is 0 Å². The molecule has 0 aliphatic carbocycles. The maximum absolute atomic E-state index is 11.4. The average molecular weight is 353 g/mol. The zero-order chi connectivity index (χ0) is 13.3. The van der Waals surface area contributed by atoms with Crippen molar-refractivity contribution in [1.29, 1.82) is 0 Å². The number of thiophene rings is 1. The van der Waals surface area contributed by atoms with Crippen molar-refractivity contribution in [2.24, 2.45) is 11.8 Å². The lowest BCUT2D eigenvalue weighted by Crippen LogP contribution is -2.26. The molecule has 100 valence electrons. The van der Waals surface area contributed by atoms with E-state index in [0.717, 1.165) is 9.35 Å². The summed E-state index contributed by atoms with van der Waals surface area (Å²) < 4.78 is 23.8. The molecule has 0 aromatic carbocycles. The molecule has 2 rings (SSSR count). The largest absolute Gasteiger partial charge is 0.481 e. The molecule has 1 aromatic rings. The van der Waals surface area contributed by atoms with E-state index in [2.05, 4.69) is 15.9 Å². The second-order valence-electron chi connectivity index (χ2n) is 4.50. The van der Waals surface area contributed by atoms with Gasteiger partial charge in [0.15, 0.2) is 9.84 Å². The quantitative estimate of drug-likeness (QED) is 0.901. The first-order chi connectivity index (χ1) is 8.39. The lowest BCUT2D eigenvalue weighted by Gasteiger charge is -2.17. The molecule has 1 aliphatic heterocycles. The van der Waals surface area contributed by atoms with Crippen LogP contribution in [-0.2, 0) is 21.1 Å². The Morgan fingerprint density at radius 2 is 2.33 bits per heavy atom. The van der Waals surface area contributed by atoms with E-state index < -0.39 is 21.7 Å². The molecule has 1 aliphatic rings. The lowest BCUT2D eigenvalue weighted by molar-refractivity contribution is -0.143. The summed E-state index contributed by atoms with van der Waals surface area (Å²) in [5.74, 6) is -1.66. The Morgan fingerprint density at radius 1 is 1.61 bits per heavy atom. The Kier molecular flexibility index (Phi) is 4.13. The molecule has 4 nitrogen and oxygen atoms in total. The number of rotatable bonds is 4. The van der Waals surface area contributed by atoms with Crippen LogP contribution in [0.4, 0.5) is 0 Å². The summed E-state index contributed by atoms with van der Waals surface area (Å²) in [6.07, 6.45) is 0.857. The highest BCUT2D eigenvalue weighted by molar-refractivity contribution is 9.10. The van der Waals surface area contributed by atoms with Gasteiger partial charge in [0, 0.05) is 9.35 Å². The van der Waals surface area contributed by atoms with E-state index in [9.17, 15) is 18.3 Å². The van der Waals surface area contributed by atoms with Gasteiger partial charge < -0.3 is 5.11 Å². The van der Waals surface area contributed by atoms with Gasteiger partial charge in [-0.1, -0.05) is 0 Å². The molecule has 1 fully saturated rings. The minimum Gasteiger partial charge on any atom is -0.481 e. The van der Waals surface area contributed by atoms with Crippen LogP contribution >= 0.6 is 27.3 Å². The second kappa shape index (κ2) is 5.30. The van der Waals surface area contributed by atoms with Crippen molar-refractivity contribution in [2.75, 3.05) is 11.5 Å². The minimum atomic E-state index is -3.03. The molecular weight excluding hydrogens is 340 g/mol. The average Bonchev–Trinajstić information content (AvgIpc) is 2.81. The number of hydrogen-bond acceptors (Lipinski definition) is 4. The first kappa shape index (κ1) is 14.0. The third-order valence-electron chi connectivity index (χ3n) is 3.25. The van der Waals surface area contributed by atoms with Crippen LogP contribution < -0.4 is 0 Å². The van der Waals surface area contributed by atoms with Crippen molar-refractivity contribution in [3.63, 3.8) is 0 Å². The van der Waals surface area contributed by atoms with Gasteiger partial charge >= 0.3 is 5.97 Å². The van der Waals surface area contributed by atoms with Crippen LogP contribution in [0.1, 0.15) is 11.3 Å². The third kappa shape index (κ3) is 3.13. The summed E-state index contributed by atoms with van der Waals surface area (Å²) >= 11 is 4.87. The van der Waals surface area contributed by atoms with Gasteiger partial charge in [-0.05, 0) is 46.1 Å². The number of hydrogen-bond donors (Lipinski definition) is 1. The maximum Gasteiger partial charge on any atom is 0.307 e. The molecular formula is C11H13BrO4S2. The van der Waals surface area contributed by atoms with E-state index in [1.807, 2.05) is 11.4 Å². The van der Waals surface area contributed by atoms with Crippen molar-refractivity contribution < 1.29 is 18.3 Å². The predicted octanol–water partition coefficient (Wildman–Crippen LogP) is 2.19. The van der Waals surface area contributed by atoms with Crippen LogP contribution in [0.25, 0.3) is 0 Å². The Labute approximate surface area is 118 Å². The van der Waals surface area contributed by atoms with E-state index in [1.165, 1.54) is 11.3 Å². The molecule has 1 saturated heterocycles. The van der Waals surface area contributed by atoms with Crippen LogP contribution in [0.15, 0.2) is 15.9 Å². The highest BCUT2D eigenvalue weighted by Crippen LogP contribution is 2.32. The fourth-order valence-corrected chi connectivity index (χ4v) is 5.72. The van der Waals surface area contributed by atoms with Crippen molar-refractivity contribution in [1.82, 2.24) is 0 Å². The van der Waals surface area contributed by atoms with Gasteiger partial charge in [0.2, 0.25) is 0 Å². The normalized spacial score (nSPS) is 23.9. The molecule has 1 N–H and O–H groups in total. The molecule has 0 bridgehead atoms. The second-order valence-corrected chi connectivity index (χ2v) is 8.59. The summed E-state index contributed by atoms with van der Waals surface area (Å²) in [7, 11) is -3.03. The van der Waals surface area contributed by atoms with Crippen LogP contribution in [0, 0.1) is 11.8 Å². The summed E-state index contributed by atoms with van der Waals surface area (Å²) in [5, 5.41) is 11.2. The van der Waals surface area contributed by atoms with Crippen molar-refractivity contribution >= 4 is 43.1 Å². The van der Waals surface area contributed by atoms with Crippen LogP contribution in [0.2, 0.25) is 0 Å². The highest BCUT2D eigenvalue weighted by Gasteiger charge is 2.37. The Hall–Kier alpha value is -0.400. The molecule has 0 spiro atoms. The maximum atomic E-state index is 11.4. The summed E-state index contributed by atoms with van der Waals surface area (Å²) in [6.45, 7) is 0. The molecule has 18 heavy (non-hydrogen) atoms. The molecule has 2 atom stereocenters. The SMILES string of the molecule is O=C(O)C(Cc1sccc1Br)C1CCS(=O)(=O)C1. The van der Waals surface area contributed by atoms with Crippen LogP contribution in [-0.4, -0.2) is 31.0 Å². The number of sulfone groups is 1. The molecule has 1 aromatic heterocycles. The molecule has 0 radical (unpaired) electrons. The van der Waals surface area contributed by atoms with Gasteiger partial charge in [-0.2, -0.15) is 0 Å². The van der Waals surface area contributed by atoms with Gasteiger partial charge in [-0.3, -0.25) is 4.79 Å². The number of carboxylic acid groups (broad SMARTS) is 1. The Morgan fingerprint density at radius 3 is 2.78 bits per heavy atom. The Balaban J connectivity index is 2.15. The van der Waals surface area contributed by atoms with Crippen LogP contribution in [0.3, 0.4) is 0 Å². The zero-order valence-electron chi connectivity index (χ0n) is 9.50. The van der Waals surface area contributed by atoms with Gasteiger partial charge in [0.05, 0.1) is 17.4 Å². The van der Waals surface area contributed by atoms with E-state index in [1.54, 1.807) is 0 Å². The summed E-state index contributed by atoms with van der Waals surface area (Å²) in [6, 6.07) is 1.88. The van der Waals surface area contributed by atoms with Crippen molar-refractivity contribution in [2.45, 2.75) is 12.8 Å². The fourth-order valence-electron chi connectivity index (χ4n) is 2.27. The lowest BCUT2D eigenvalue weighted by atomic mass is 9.88. The number of halogens is 1. The van der Waals surface area contributed by atoms with Gasteiger partial charge in [-0.25, -0.2) is 8.42 Å². The van der Waals surface area contributed by atoms with Crippen LogP contribution in [0.5, 0.6) is 0 Å². The smallest absolute Gasteiger partial charge is 0.307 e. The first-order valence-corrected chi connectivity index (χ1v) is 9.03. The molecule has 0 saturated carbocycles. The minimum absolute atomic E-state index is 0.00691. The monoisotopic (exact) mass is 352 g/mol. The van der Waals surface area contributed by atoms with Gasteiger partial charge in [-0.15, -0.1) is 11.3 Å². The first-order valence-electron chi connectivity index (χ1n) is 5.54. The van der Waals surface area contributed by atoms with E-state index in [-0.39, 0.29) is 17.4 Å². The standard InChI is InChI=1S/C11H13BrO4S2/c12-9-1-3-17-10(9)5-8(11(13)14)7-2-4-18(15,16)6-7/h1,3,7-8H,2,4-6H2,(H,13,14). The van der Waals surface area contributed by atoms with Gasteiger partial charge in [0.25, 0.3) is 0 Å². The number of aliphatic carboxylic acids is 1. The van der Waals surface area contributed by atoms with Crippen molar-refractivity contribution in [3.05, 3.63) is 20.8 Å². The number of carbonyl (C=O) groups is 1. The molecule has 0 amide bonds. The Bertz CT molecular complexity index is 549. The third-order valence-corrected chi connectivity index (χ3v) is 6.99. The van der Waals surface area contributed by atoms with Crippen molar-refractivity contribution in [3.8, 4) is 0 Å². The highest BCUT2D eigenvalue weighted by atomic mass is 79.9. The number of carboxylic acids is 1. The summed E-state index contributed by atoms with van der Waals surface area (Å²) in [4.78, 5) is 12.3. The summed E-state index contributed by atoms with van der Waals surface area (Å²) in [5.41, 5.74) is 0. The van der Waals surface area contributed by atoms with E-state index in [4.69, 9.17) is 0 Å². The molecule has 2 heterocycles. The topological polar surface area (TPSA) is 71.4 Å². The van der Waals surface area contributed by atoms with Gasteiger partial charge in [0.1, 0.15) is 0 Å². The molecule has 2 unspecified atom stereocenters.